The van der Waals surface area contributed by atoms with Gasteiger partial charge in [-0.05, 0) is 39.1 Å². The molecule has 0 radical (unpaired) electrons. The molecular weight excluding hydrogens is 299 g/mol. The molecule has 21 heavy (non-hydrogen) atoms. The van der Waals surface area contributed by atoms with E-state index in [4.69, 9.17) is 18.0 Å². The predicted octanol–water partition coefficient (Wildman–Crippen LogP) is 3.09. The maximum atomic E-state index is 12.8. The van der Waals surface area contributed by atoms with Crippen molar-refractivity contribution in [3.05, 3.63) is 29.3 Å². The molecule has 0 aliphatic heterocycles. The molecule has 0 saturated carbocycles. The number of hydrogen-bond donors (Lipinski definition) is 2. The Kier molecular flexibility index (Phi) is 5.98. The predicted molar refractivity (Wildman–Crippen MR) is 83.6 cm³/mol. The molecular formula is C14H20F3N3S. The summed E-state index contributed by atoms with van der Waals surface area (Å²) < 4.78 is 38.5. The molecule has 1 aromatic carbocycles. The van der Waals surface area contributed by atoms with Gasteiger partial charge in [0, 0.05) is 30.4 Å². The first-order valence-electron chi connectivity index (χ1n) is 6.58. The Morgan fingerprint density at radius 3 is 2.48 bits per heavy atom. The van der Waals surface area contributed by atoms with Gasteiger partial charge in [-0.15, -0.1) is 0 Å². The molecule has 0 aromatic heterocycles. The number of halogens is 3. The fraction of sp³-hybridized carbons (Fsp3) is 0.500. The molecule has 118 valence electrons. The van der Waals surface area contributed by atoms with Gasteiger partial charge in [-0.25, -0.2) is 0 Å². The molecule has 0 aliphatic carbocycles. The van der Waals surface area contributed by atoms with E-state index in [-0.39, 0.29) is 10.6 Å². The summed E-state index contributed by atoms with van der Waals surface area (Å²) in [5.41, 5.74) is 5.01. The fourth-order valence-electron chi connectivity index (χ4n) is 1.74. The van der Waals surface area contributed by atoms with E-state index in [1.807, 2.05) is 7.05 Å². The summed E-state index contributed by atoms with van der Waals surface area (Å²) in [6.45, 7) is 5.55. The van der Waals surface area contributed by atoms with Gasteiger partial charge in [0.1, 0.15) is 4.99 Å². The van der Waals surface area contributed by atoms with Gasteiger partial charge in [0.25, 0.3) is 0 Å². The Bertz CT molecular complexity index is 501. The summed E-state index contributed by atoms with van der Waals surface area (Å²) >= 11 is 4.71. The molecule has 1 rings (SSSR count). The number of nitrogens with zero attached hydrogens (tertiary/aromatic N) is 1. The molecule has 0 atom stereocenters. The summed E-state index contributed by atoms with van der Waals surface area (Å²) in [5.74, 6) is 0. The Morgan fingerprint density at radius 2 is 2.00 bits per heavy atom. The minimum absolute atomic E-state index is 0.153. The van der Waals surface area contributed by atoms with E-state index in [0.717, 1.165) is 12.6 Å². The Labute approximate surface area is 128 Å². The van der Waals surface area contributed by atoms with Gasteiger partial charge in [-0.2, -0.15) is 13.2 Å². The molecule has 3 N–H and O–H groups in total. The quantitative estimate of drug-likeness (QED) is 0.791. The van der Waals surface area contributed by atoms with Gasteiger partial charge < -0.3 is 16.0 Å². The van der Waals surface area contributed by atoms with Gasteiger partial charge in [-0.3, -0.25) is 0 Å². The number of hydrogen-bond acceptors (Lipinski definition) is 3. The lowest BCUT2D eigenvalue weighted by molar-refractivity contribution is -0.137. The molecule has 0 heterocycles. The van der Waals surface area contributed by atoms with Crippen LogP contribution in [0, 0.1) is 0 Å². The van der Waals surface area contributed by atoms with Crippen LogP contribution in [0.3, 0.4) is 0 Å². The Morgan fingerprint density at radius 1 is 1.38 bits per heavy atom. The summed E-state index contributed by atoms with van der Waals surface area (Å²) in [4.78, 5) is 1.87. The first kappa shape index (κ1) is 17.7. The minimum atomic E-state index is -4.46. The van der Waals surface area contributed by atoms with E-state index >= 15 is 0 Å². The Balaban J connectivity index is 2.82. The van der Waals surface area contributed by atoms with E-state index in [0.29, 0.717) is 18.3 Å². The molecule has 3 nitrogen and oxygen atoms in total. The van der Waals surface area contributed by atoms with Gasteiger partial charge in [-0.1, -0.05) is 12.2 Å². The third-order valence-corrected chi connectivity index (χ3v) is 3.49. The van der Waals surface area contributed by atoms with E-state index in [1.54, 1.807) is 0 Å². The van der Waals surface area contributed by atoms with Crippen molar-refractivity contribution >= 4 is 22.9 Å². The zero-order valence-electron chi connectivity index (χ0n) is 12.3. The standard InChI is InChI=1S/C14H20F3N3S/c1-9(2)20(3)7-6-19-10-4-5-12(14(15,16)17)11(8-10)13(18)21/h4-5,8-9,19H,6-7H2,1-3H3,(H2,18,21). The van der Waals surface area contributed by atoms with Gasteiger partial charge >= 0.3 is 6.18 Å². The van der Waals surface area contributed by atoms with E-state index < -0.39 is 11.7 Å². The summed E-state index contributed by atoms with van der Waals surface area (Å²) in [7, 11) is 1.99. The van der Waals surface area contributed by atoms with Crippen LogP contribution in [-0.4, -0.2) is 36.1 Å². The van der Waals surface area contributed by atoms with Crippen LogP contribution in [0.5, 0.6) is 0 Å². The van der Waals surface area contributed by atoms with Crippen molar-refractivity contribution in [1.29, 1.82) is 0 Å². The molecule has 0 fully saturated rings. The zero-order chi connectivity index (χ0) is 16.2. The van der Waals surface area contributed by atoms with Gasteiger partial charge in [0.2, 0.25) is 0 Å². The van der Waals surface area contributed by atoms with Crippen molar-refractivity contribution < 1.29 is 13.2 Å². The van der Waals surface area contributed by atoms with Gasteiger partial charge in [0.15, 0.2) is 0 Å². The number of alkyl halides is 3. The second kappa shape index (κ2) is 7.09. The number of nitrogens with one attached hydrogen (secondary N) is 1. The van der Waals surface area contributed by atoms with Crippen LogP contribution in [-0.2, 0) is 6.18 Å². The highest BCUT2D eigenvalue weighted by molar-refractivity contribution is 7.80. The van der Waals surface area contributed by atoms with Crippen LogP contribution in [0.15, 0.2) is 18.2 Å². The molecule has 0 bridgehead atoms. The highest BCUT2D eigenvalue weighted by Gasteiger charge is 2.34. The lowest BCUT2D eigenvalue weighted by Crippen LogP contribution is -2.31. The fourth-order valence-corrected chi connectivity index (χ4v) is 1.91. The third-order valence-electron chi connectivity index (χ3n) is 3.27. The topological polar surface area (TPSA) is 41.3 Å². The molecule has 0 aliphatic rings. The van der Waals surface area contributed by atoms with Crippen molar-refractivity contribution in [1.82, 2.24) is 4.90 Å². The smallest absolute Gasteiger partial charge is 0.389 e. The van der Waals surface area contributed by atoms with Crippen LogP contribution in [0.25, 0.3) is 0 Å². The van der Waals surface area contributed by atoms with E-state index in [2.05, 4.69) is 24.1 Å². The van der Waals surface area contributed by atoms with Crippen LogP contribution >= 0.6 is 12.2 Å². The van der Waals surface area contributed by atoms with E-state index in [9.17, 15) is 13.2 Å². The SMILES string of the molecule is CC(C)N(C)CCNc1ccc(C(F)(F)F)c(C(N)=S)c1. The normalized spacial score (nSPS) is 12.0. The first-order chi connectivity index (χ1) is 9.62. The molecule has 0 unspecified atom stereocenters. The van der Waals surface area contributed by atoms with Crippen LogP contribution in [0.4, 0.5) is 18.9 Å². The number of anilines is 1. The average Bonchev–Trinajstić information content (AvgIpc) is 2.36. The largest absolute Gasteiger partial charge is 0.417 e. The number of nitrogens with two attached hydrogens (primary N) is 1. The first-order valence-corrected chi connectivity index (χ1v) is 6.99. The molecule has 0 saturated heterocycles. The molecule has 7 heteroatoms. The molecule has 0 amide bonds. The number of likely N-dealkylation sites (N-methyl/N-ethyl adjacent to an activating group) is 1. The van der Waals surface area contributed by atoms with Crippen molar-refractivity contribution in [2.45, 2.75) is 26.1 Å². The monoisotopic (exact) mass is 319 g/mol. The molecule has 1 aromatic rings. The summed E-state index contributed by atoms with van der Waals surface area (Å²) in [5, 5.41) is 3.08. The van der Waals surface area contributed by atoms with Crippen molar-refractivity contribution in [3.63, 3.8) is 0 Å². The maximum Gasteiger partial charge on any atom is 0.417 e. The second-order valence-electron chi connectivity index (χ2n) is 5.12. The zero-order valence-corrected chi connectivity index (χ0v) is 13.1. The Hall–Kier alpha value is -1.34. The maximum absolute atomic E-state index is 12.8. The molecule has 0 spiro atoms. The highest BCUT2D eigenvalue weighted by atomic mass is 32.1. The van der Waals surface area contributed by atoms with Gasteiger partial charge in [0.05, 0.1) is 5.56 Å². The van der Waals surface area contributed by atoms with Crippen LogP contribution in [0.1, 0.15) is 25.0 Å². The minimum Gasteiger partial charge on any atom is -0.389 e. The lowest BCUT2D eigenvalue weighted by atomic mass is 10.1. The summed E-state index contributed by atoms with van der Waals surface area (Å²) in [6.07, 6.45) is -4.46. The number of rotatable bonds is 6. The van der Waals surface area contributed by atoms with Crippen molar-refractivity contribution in [2.75, 3.05) is 25.5 Å². The van der Waals surface area contributed by atoms with E-state index in [1.165, 1.54) is 12.1 Å². The van der Waals surface area contributed by atoms with Crippen LogP contribution in [0.2, 0.25) is 0 Å². The second-order valence-corrected chi connectivity index (χ2v) is 5.56. The number of thiocarbonyl (C=S) groups is 1. The lowest BCUT2D eigenvalue weighted by Gasteiger charge is -2.21. The van der Waals surface area contributed by atoms with Crippen molar-refractivity contribution in [3.8, 4) is 0 Å². The van der Waals surface area contributed by atoms with Crippen molar-refractivity contribution in [2.24, 2.45) is 5.73 Å². The van der Waals surface area contributed by atoms with Crippen LogP contribution < -0.4 is 11.1 Å². The highest BCUT2D eigenvalue weighted by Crippen LogP contribution is 2.33. The average molecular weight is 319 g/mol. The number of benzene rings is 1. The third kappa shape index (κ3) is 5.17. The summed E-state index contributed by atoms with van der Waals surface area (Å²) in [6, 6.07) is 4.15.